The van der Waals surface area contributed by atoms with Gasteiger partial charge in [0.25, 0.3) is 0 Å². The molecule has 60 heavy (non-hydrogen) atoms. The zero-order valence-electron chi connectivity index (χ0n) is 32.2. The standard InChI is InChI=1S/C55H34N2O3/c1-3-11-35(12-4-1)39-15-9-16-43(31-39)57(42-28-23-37(24-29-42)44-18-10-19-47-45-17-7-8-20-50(45)59-54(44)47)41-26-21-36(22-27-41)40-25-30-46-48-33-49-53(34-52(48)58-51(46)32-40)60-55(56-49)38-13-5-2-6-14-38/h1-34H. The van der Waals surface area contributed by atoms with E-state index in [-0.39, 0.29) is 0 Å². The number of nitrogens with zero attached hydrogens (tertiary/aromatic N) is 2. The molecule has 0 saturated heterocycles. The minimum Gasteiger partial charge on any atom is -0.456 e. The average Bonchev–Trinajstić information content (AvgIpc) is 4.02. The highest BCUT2D eigenvalue weighted by atomic mass is 16.4. The van der Waals surface area contributed by atoms with E-state index < -0.39 is 0 Å². The predicted molar refractivity (Wildman–Crippen MR) is 245 cm³/mol. The molecule has 12 rings (SSSR count). The van der Waals surface area contributed by atoms with E-state index in [1.54, 1.807) is 0 Å². The number of fused-ring (bicyclic) bond motifs is 7. The summed E-state index contributed by atoms with van der Waals surface area (Å²) < 4.78 is 19.0. The van der Waals surface area contributed by atoms with E-state index in [1.807, 2.05) is 48.5 Å². The molecule has 0 radical (unpaired) electrons. The Balaban J connectivity index is 0.905. The summed E-state index contributed by atoms with van der Waals surface area (Å²) in [5, 5.41) is 4.31. The van der Waals surface area contributed by atoms with Crippen molar-refractivity contribution >= 4 is 72.0 Å². The molecule has 3 aromatic heterocycles. The summed E-state index contributed by atoms with van der Waals surface area (Å²) >= 11 is 0. The van der Waals surface area contributed by atoms with Crippen LogP contribution in [0.15, 0.2) is 220 Å². The first kappa shape index (κ1) is 33.9. The molecule has 0 aliphatic rings. The smallest absolute Gasteiger partial charge is 0.227 e. The van der Waals surface area contributed by atoms with Gasteiger partial charge >= 0.3 is 0 Å². The zero-order valence-corrected chi connectivity index (χ0v) is 32.2. The molecule has 0 unspecified atom stereocenters. The first-order valence-corrected chi connectivity index (χ1v) is 20.1. The number of hydrogen-bond acceptors (Lipinski definition) is 5. The van der Waals surface area contributed by atoms with Gasteiger partial charge in [-0.2, -0.15) is 0 Å². The second kappa shape index (κ2) is 13.8. The van der Waals surface area contributed by atoms with Crippen molar-refractivity contribution in [3.8, 4) is 44.8 Å². The summed E-state index contributed by atoms with van der Waals surface area (Å²) in [4.78, 5) is 7.11. The van der Waals surface area contributed by atoms with Crippen molar-refractivity contribution in [2.45, 2.75) is 0 Å². The molecule has 9 aromatic carbocycles. The van der Waals surface area contributed by atoms with Gasteiger partial charge in [-0.1, -0.05) is 127 Å². The number of hydrogen-bond donors (Lipinski definition) is 0. The van der Waals surface area contributed by atoms with Gasteiger partial charge in [0.05, 0.1) is 0 Å². The first-order chi connectivity index (χ1) is 29.7. The topological polar surface area (TPSA) is 55.6 Å². The lowest BCUT2D eigenvalue weighted by molar-refractivity contribution is 0.617. The van der Waals surface area contributed by atoms with Gasteiger partial charge in [-0.15, -0.1) is 0 Å². The number of benzene rings is 9. The van der Waals surface area contributed by atoms with Crippen LogP contribution in [0.1, 0.15) is 0 Å². The molecule has 0 amide bonds. The maximum Gasteiger partial charge on any atom is 0.227 e. The van der Waals surface area contributed by atoms with E-state index in [4.69, 9.17) is 18.2 Å². The summed E-state index contributed by atoms with van der Waals surface area (Å²) in [5.74, 6) is 0.601. The summed E-state index contributed by atoms with van der Waals surface area (Å²) in [6, 6.07) is 71.8. The van der Waals surface area contributed by atoms with Crippen LogP contribution in [0, 0.1) is 0 Å². The lowest BCUT2D eigenvalue weighted by atomic mass is 10.0. The highest BCUT2D eigenvalue weighted by Crippen LogP contribution is 2.41. The van der Waals surface area contributed by atoms with Crippen LogP contribution in [0.25, 0.3) is 99.8 Å². The average molecular weight is 771 g/mol. The van der Waals surface area contributed by atoms with Crippen LogP contribution in [0.4, 0.5) is 17.1 Å². The van der Waals surface area contributed by atoms with Gasteiger partial charge in [0, 0.05) is 55.8 Å². The van der Waals surface area contributed by atoms with E-state index in [9.17, 15) is 0 Å². The van der Waals surface area contributed by atoms with E-state index in [0.29, 0.717) is 11.5 Å². The Hall–Kier alpha value is -8.15. The van der Waals surface area contributed by atoms with Crippen LogP contribution in [0.5, 0.6) is 0 Å². The Bertz CT molecular complexity index is 3530. The van der Waals surface area contributed by atoms with Gasteiger partial charge in [0.15, 0.2) is 5.58 Å². The molecule has 0 aliphatic heterocycles. The third-order valence-electron chi connectivity index (χ3n) is 11.5. The third-order valence-corrected chi connectivity index (χ3v) is 11.5. The maximum atomic E-state index is 6.44. The van der Waals surface area contributed by atoms with Gasteiger partial charge in [-0.3, -0.25) is 0 Å². The summed E-state index contributed by atoms with van der Waals surface area (Å²) in [5.41, 5.74) is 15.7. The number of para-hydroxylation sites is 2. The molecular weight excluding hydrogens is 737 g/mol. The highest BCUT2D eigenvalue weighted by molar-refractivity contribution is 6.10. The van der Waals surface area contributed by atoms with E-state index in [0.717, 1.165) is 99.8 Å². The molecule has 0 spiro atoms. The molecule has 0 saturated carbocycles. The van der Waals surface area contributed by atoms with Gasteiger partial charge in [-0.25, -0.2) is 4.98 Å². The first-order valence-electron chi connectivity index (χ1n) is 20.1. The Morgan fingerprint density at radius 1 is 0.317 bits per heavy atom. The van der Waals surface area contributed by atoms with Gasteiger partial charge in [0.1, 0.15) is 27.8 Å². The number of aromatic nitrogens is 1. The second-order valence-corrected chi connectivity index (χ2v) is 15.1. The molecule has 0 atom stereocenters. The molecule has 5 heteroatoms. The van der Waals surface area contributed by atoms with Crippen molar-refractivity contribution in [2.75, 3.05) is 4.90 Å². The minimum atomic E-state index is 0.601. The van der Waals surface area contributed by atoms with Gasteiger partial charge in [0.2, 0.25) is 5.89 Å². The molecule has 0 aliphatic carbocycles. The largest absolute Gasteiger partial charge is 0.456 e. The molecule has 5 nitrogen and oxygen atoms in total. The van der Waals surface area contributed by atoms with E-state index in [2.05, 4.69) is 163 Å². The second-order valence-electron chi connectivity index (χ2n) is 15.1. The van der Waals surface area contributed by atoms with Gasteiger partial charge in [-0.05, 0) is 101 Å². The predicted octanol–water partition coefficient (Wildman–Crippen LogP) is 15.8. The fourth-order valence-corrected chi connectivity index (χ4v) is 8.55. The monoisotopic (exact) mass is 770 g/mol. The summed E-state index contributed by atoms with van der Waals surface area (Å²) in [6.07, 6.45) is 0. The fourth-order valence-electron chi connectivity index (χ4n) is 8.55. The van der Waals surface area contributed by atoms with Crippen molar-refractivity contribution in [3.63, 3.8) is 0 Å². The Morgan fingerprint density at radius 2 is 0.917 bits per heavy atom. The Kier molecular flexibility index (Phi) is 7.78. The lowest BCUT2D eigenvalue weighted by Crippen LogP contribution is -2.10. The summed E-state index contributed by atoms with van der Waals surface area (Å²) in [7, 11) is 0. The van der Waals surface area contributed by atoms with Crippen molar-refractivity contribution < 1.29 is 13.3 Å². The number of rotatable bonds is 7. The molecule has 12 aromatic rings. The van der Waals surface area contributed by atoms with Gasteiger partial charge < -0.3 is 18.2 Å². The SMILES string of the molecule is c1ccc(-c2cccc(N(c3ccc(-c4ccc5c(c4)oc4cc6oc(-c7ccccc7)nc6cc45)cc3)c3ccc(-c4cccc5c4oc4ccccc45)cc3)c2)cc1. The van der Waals surface area contributed by atoms with Crippen LogP contribution in [-0.4, -0.2) is 4.98 Å². The summed E-state index contributed by atoms with van der Waals surface area (Å²) in [6.45, 7) is 0. The molecular formula is C55H34N2O3. The number of furan rings is 2. The number of oxazole rings is 1. The Labute approximate surface area is 345 Å². The minimum absolute atomic E-state index is 0.601. The molecule has 282 valence electrons. The van der Waals surface area contributed by atoms with Crippen molar-refractivity contribution in [3.05, 3.63) is 206 Å². The normalized spacial score (nSPS) is 11.7. The molecule has 0 N–H and O–H groups in total. The van der Waals surface area contributed by atoms with Crippen molar-refractivity contribution in [1.29, 1.82) is 0 Å². The van der Waals surface area contributed by atoms with Crippen LogP contribution < -0.4 is 4.90 Å². The number of anilines is 3. The van der Waals surface area contributed by atoms with Crippen LogP contribution in [0.2, 0.25) is 0 Å². The molecule has 0 fully saturated rings. The zero-order chi connectivity index (χ0) is 39.6. The van der Waals surface area contributed by atoms with Crippen LogP contribution in [-0.2, 0) is 0 Å². The van der Waals surface area contributed by atoms with Crippen LogP contribution >= 0.6 is 0 Å². The quantitative estimate of drug-likeness (QED) is 0.162. The Morgan fingerprint density at radius 3 is 1.72 bits per heavy atom. The van der Waals surface area contributed by atoms with E-state index in [1.165, 1.54) is 5.56 Å². The molecule has 3 heterocycles. The maximum absolute atomic E-state index is 6.44. The molecule has 0 bridgehead atoms. The van der Waals surface area contributed by atoms with Crippen LogP contribution in [0.3, 0.4) is 0 Å². The van der Waals surface area contributed by atoms with E-state index >= 15 is 0 Å². The third kappa shape index (κ3) is 5.75. The van der Waals surface area contributed by atoms with Crippen molar-refractivity contribution in [2.24, 2.45) is 0 Å². The van der Waals surface area contributed by atoms with Crippen molar-refractivity contribution in [1.82, 2.24) is 4.98 Å². The highest BCUT2D eigenvalue weighted by Gasteiger charge is 2.18. The lowest BCUT2D eigenvalue weighted by Gasteiger charge is -2.26. The fraction of sp³-hybridized carbons (Fsp3) is 0.